The summed E-state index contributed by atoms with van der Waals surface area (Å²) in [5.74, 6) is 0.638. The van der Waals surface area contributed by atoms with E-state index in [-0.39, 0.29) is 0 Å². The van der Waals surface area contributed by atoms with E-state index >= 15 is 0 Å². The maximum atomic E-state index is 6.22. The number of hydrogen-bond donors (Lipinski definition) is 1. The zero-order chi connectivity index (χ0) is 15.1. The lowest BCUT2D eigenvalue weighted by Crippen LogP contribution is -2.03. The number of ether oxygens (including phenoxy) is 1. The molecule has 1 N–H and O–H groups in total. The van der Waals surface area contributed by atoms with Gasteiger partial charge in [0.15, 0.2) is 10.4 Å². The third-order valence-corrected chi connectivity index (χ3v) is 4.02. The number of nitrogens with zero attached hydrogens (tertiary/aromatic N) is 3. The van der Waals surface area contributed by atoms with Crippen LogP contribution in [0.1, 0.15) is 12.6 Å². The van der Waals surface area contributed by atoms with Gasteiger partial charge in [-0.3, -0.25) is 4.57 Å². The number of methoxy groups -OCH3 is 1. The van der Waals surface area contributed by atoms with Crippen molar-refractivity contribution in [3.63, 3.8) is 0 Å². The third-order valence-electron chi connectivity index (χ3n) is 3.44. The summed E-state index contributed by atoms with van der Waals surface area (Å²) in [6.07, 6.45) is 0. The minimum absolute atomic E-state index is 0.547. The molecule has 2 aromatic heterocycles. The molecule has 0 atom stereocenters. The van der Waals surface area contributed by atoms with E-state index in [0.29, 0.717) is 15.5 Å². The predicted octanol–water partition coefficient (Wildman–Crippen LogP) is 3.87. The highest BCUT2D eigenvalue weighted by molar-refractivity contribution is 7.71. The molecule has 0 radical (unpaired) electrons. The van der Waals surface area contributed by atoms with E-state index in [1.165, 1.54) is 0 Å². The van der Waals surface area contributed by atoms with Crippen LogP contribution >= 0.6 is 23.8 Å². The monoisotopic (exact) mass is 322 g/mol. The van der Waals surface area contributed by atoms with Crippen LogP contribution in [0.4, 0.5) is 0 Å². The van der Waals surface area contributed by atoms with Gasteiger partial charge in [0.25, 0.3) is 0 Å². The van der Waals surface area contributed by atoms with Crippen LogP contribution in [0.25, 0.3) is 16.9 Å². The molecule has 0 saturated heterocycles. The zero-order valence-electron chi connectivity index (χ0n) is 12.0. The predicted molar refractivity (Wildman–Crippen MR) is 86.2 cm³/mol. The number of aromatic amines is 1. The molecular weight excluding hydrogens is 308 g/mol. The Balaban J connectivity index is 2.31. The smallest absolute Gasteiger partial charge is 0.184 e. The van der Waals surface area contributed by atoms with Crippen molar-refractivity contribution in [3.05, 3.63) is 33.7 Å². The standard InChI is InChI=1S/C14H15ClN4OS/c1-4-18-13-12(8(2)17-18)16-14(21)19(13)9-5-6-11(20-3)10(15)7-9/h5-7H,4H2,1-3H3,(H,16,21). The van der Waals surface area contributed by atoms with Crippen molar-refractivity contribution >= 4 is 35.0 Å². The average molecular weight is 323 g/mol. The van der Waals surface area contributed by atoms with Crippen LogP contribution in [0, 0.1) is 11.7 Å². The maximum absolute atomic E-state index is 6.22. The second kappa shape index (κ2) is 5.20. The highest BCUT2D eigenvalue weighted by atomic mass is 35.5. The van der Waals surface area contributed by atoms with Crippen LogP contribution in [0.15, 0.2) is 18.2 Å². The van der Waals surface area contributed by atoms with Gasteiger partial charge in [-0.1, -0.05) is 11.6 Å². The van der Waals surface area contributed by atoms with E-state index < -0.39 is 0 Å². The summed E-state index contributed by atoms with van der Waals surface area (Å²) in [4.78, 5) is 3.22. The number of hydrogen-bond acceptors (Lipinski definition) is 3. The van der Waals surface area contributed by atoms with Crippen molar-refractivity contribution < 1.29 is 4.74 Å². The number of nitrogens with one attached hydrogen (secondary N) is 1. The molecule has 0 spiro atoms. The fourth-order valence-electron chi connectivity index (χ4n) is 2.46. The number of benzene rings is 1. The summed E-state index contributed by atoms with van der Waals surface area (Å²) in [6.45, 7) is 4.78. The summed E-state index contributed by atoms with van der Waals surface area (Å²) >= 11 is 11.7. The largest absolute Gasteiger partial charge is 0.495 e. The molecule has 110 valence electrons. The number of aromatic nitrogens is 4. The van der Waals surface area contributed by atoms with Gasteiger partial charge in [-0.05, 0) is 44.3 Å². The summed E-state index contributed by atoms with van der Waals surface area (Å²) in [7, 11) is 1.59. The molecule has 0 bridgehead atoms. The molecule has 0 aliphatic carbocycles. The number of imidazole rings is 1. The van der Waals surface area contributed by atoms with Gasteiger partial charge in [0.1, 0.15) is 11.3 Å². The van der Waals surface area contributed by atoms with Crippen molar-refractivity contribution in [3.8, 4) is 11.4 Å². The molecule has 1 aromatic carbocycles. The van der Waals surface area contributed by atoms with Gasteiger partial charge in [0.2, 0.25) is 0 Å². The highest BCUT2D eigenvalue weighted by Gasteiger charge is 2.15. The van der Waals surface area contributed by atoms with Crippen LogP contribution < -0.4 is 4.74 Å². The molecule has 5 nitrogen and oxygen atoms in total. The molecular formula is C14H15ClN4OS. The fraction of sp³-hybridized carbons (Fsp3) is 0.286. The van der Waals surface area contributed by atoms with Crippen LogP contribution in [-0.4, -0.2) is 26.4 Å². The van der Waals surface area contributed by atoms with Gasteiger partial charge in [-0.2, -0.15) is 5.10 Å². The van der Waals surface area contributed by atoms with Crippen molar-refractivity contribution in [2.45, 2.75) is 20.4 Å². The van der Waals surface area contributed by atoms with Gasteiger partial charge in [0, 0.05) is 6.54 Å². The number of halogens is 1. The van der Waals surface area contributed by atoms with Crippen molar-refractivity contribution in [1.82, 2.24) is 19.3 Å². The summed E-state index contributed by atoms with van der Waals surface area (Å²) in [6, 6.07) is 5.60. The Morgan fingerprint density at radius 2 is 2.19 bits per heavy atom. The van der Waals surface area contributed by atoms with Crippen LogP contribution in [0.3, 0.4) is 0 Å². The minimum Gasteiger partial charge on any atom is -0.495 e. The Kier molecular flexibility index (Phi) is 3.51. The van der Waals surface area contributed by atoms with Gasteiger partial charge >= 0.3 is 0 Å². The molecule has 0 aliphatic rings. The lowest BCUT2D eigenvalue weighted by Gasteiger charge is -2.09. The number of H-pyrrole nitrogens is 1. The fourth-order valence-corrected chi connectivity index (χ4v) is 3.00. The molecule has 0 aliphatic heterocycles. The topological polar surface area (TPSA) is 47.8 Å². The molecule has 7 heteroatoms. The third kappa shape index (κ3) is 2.15. The van der Waals surface area contributed by atoms with Crippen LogP contribution in [0.5, 0.6) is 5.75 Å². The van der Waals surface area contributed by atoms with Crippen molar-refractivity contribution in [2.75, 3.05) is 7.11 Å². The molecule has 0 fully saturated rings. The molecule has 2 heterocycles. The number of fused-ring (bicyclic) bond motifs is 1. The normalized spacial score (nSPS) is 11.2. The Hall–Kier alpha value is -1.79. The summed E-state index contributed by atoms with van der Waals surface area (Å²) in [5.41, 5.74) is 3.71. The SMILES string of the molecule is CCn1nc(C)c2[nH]c(=S)n(-c3ccc(OC)c(Cl)c3)c21. The average Bonchev–Trinajstić information content (AvgIpc) is 2.95. The van der Waals surface area contributed by atoms with E-state index in [1.807, 2.05) is 41.3 Å². The van der Waals surface area contributed by atoms with Crippen LogP contribution in [0.2, 0.25) is 5.02 Å². The number of aryl methyl sites for hydroxylation is 2. The summed E-state index contributed by atoms with van der Waals surface area (Å²) in [5, 5.41) is 5.06. The molecule has 3 aromatic rings. The second-order valence-electron chi connectivity index (χ2n) is 4.68. The first-order valence-electron chi connectivity index (χ1n) is 6.58. The van der Waals surface area contributed by atoms with Gasteiger partial charge < -0.3 is 9.72 Å². The first-order valence-corrected chi connectivity index (χ1v) is 7.37. The van der Waals surface area contributed by atoms with E-state index in [0.717, 1.165) is 29.1 Å². The van der Waals surface area contributed by atoms with Gasteiger partial charge in [0.05, 0.1) is 23.5 Å². The zero-order valence-corrected chi connectivity index (χ0v) is 13.5. The Bertz CT molecular complexity index is 877. The maximum Gasteiger partial charge on any atom is 0.184 e. The lowest BCUT2D eigenvalue weighted by molar-refractivity contribution is 0.415. The summed E-state index contributed by atoms with van der Waals surface area (Å²) < 4.78 is 9.68. The first kappa shape index (κ1) is 14.2. The highest BCUT2D eigenvalue weighted by Crippen LogP contribution is 2.29. The van der Waals surface area contributed by atoms with Gasteiger partial charge in [-0.15, -0.1) is 0 Å². The Labute approximate surface area is 132 Å². The Morgan fingerprint density at radius 3 is 2.81 bits per heavy atom. The van der Waals surface area contributed by atoms with Gasteiger partial charge in [-0.25, -0.2) is 4.68 Å². The minimum atomic E-state index is 0.547. The molecule has 0 amide bonds. The lowest BCUT2D eigenvalue weighted by atomic mass is 10.3. The van der Waals surface area contributed by atoms with Crippen molar-refractivity contribution in [1.29, 1.82) is 0 Å². The van der Waals surface area contributed by atoms with E-state index in [4.69, 9.17) is 28.6 Å². The molecule has 21 heavy (non-hydrogen) atoms. The van der Waals surface area contributed by atoms with E-state index in [2.05, 4.69) is 10.1 Å². The van der Waals surface area contributed by atoms with Crippen molar-refractivity contribution in [2.24, 2.45) is 0 Å². The number of rotatable bonds is 3. The quantitative estimate of drug-likeness (QED) is 0.744. The van der Waals surface area contributed by atoms with E-state index in [9.17, 15) is 0 Å². The van der Waals surface area contributed by atoms with E-state index in [1.54, 1.807) is 7.11 Å². The molecule has 0 unspecified atom stereocenters. The molecule has 3 rings (SSSR count). The first-order chi connectivity index (χ1) is 10.1. The Morgan fingerprint density at radius 1 is 1.43 bits per heavy atom. The second-order valence-corrected chi connectivity index (χ2v) is 5.48. The van der Waals surface area contributed by atoms with Crippen LogP contribution in [-0.2, 0) is 6.54 Å². The molecule has 0 saturated carbocycles.